The van der Waals surface area contributed by atoms with Crippen molar-refractivity contribution in [1.82, 2.24) is 4.31 Å². The molecule has 0 aliphatic carbocycles. The van der Waals surface area contributed by atoms with Gasteiger partial charge in [-0.2, -0.15) is 4.31 Å². The topological polar surface area (TPSA) is 94.9 Å². The van der Waals surface area contributed by atoms with Crippen molar-refractivity contribution in [2.75, 3.05) is 6.54 Å². The van der Waals surface area contributed by atoms with Crippen LogP contribution in [0.25, 0.3) is 0 Å². The Kier molecular flexibility index (Phi) is 3.82. The summed E-state index contributed by atoms with van der Waals surface area (Å²) in [5.41, 5.74) is 0. The van der Waals surface area contributed by atoms with E-state index in [4.69, 9.17) is 16.7 Å². The number of hydrogen-bond donors (Lipinski definition) is 2. The average molecular weight is 306 g/mol. The van der Waals surface area contributed by atoms with E-state index in [1.165, 1.54) is 24.3 Å². The van der Waals surface area contributed by atoms with Crippen LogP contribution in [0.15, 0.2) is 29.2 Å². The Morgan fingerprint density at radius 2 is 1.89 bits per heavy atom. The Bertz CT molecular complexity index is 586. The highest BCUT2D eigenvalue weighted by Gasteiger charge is 2.43. The molecule has 0 radical (unpaired) electrons. The minimum absolute atomic E-state index is 0.0442. The molecule has 2 rings (SSSR count). The summed E-state index contributed by atoms with van der Waals surface area (Å²) in [7, 11) is -3.95. The van der Waals surface area contributed by atoms with Crippen LogP contribution in [0.4, 0.5) is 0 Å². The van der Waals surface area contributed by atoms with Crippen molar-refractivity contribution in [2.45, 2.75) is 23.5 Å². The van der Waals surface area contributed by atoms with Gasteiger partial charge in [0.2, 0.25) is 10.0 Å². The number of aliphatic hydroxyl groups excluding tert-OH is 1. The summed E-state index contributed by atoms with van der Waals surface area (Å²) < 4.78 is 25.4. The van der Waals surface area contributed by atoms with E-state index in [1.807, 2.05) is 0 Å². The minimum Gasteiger partial charge on any atom is -0.480 e. The fourth-order valence-electron chi connectivity index (χ4n) is 2.02. The van der Waals surface area contributed by atoms with Crippen molar-refractivity contribution in [3.8, 4) is 0 Å². The van der Waals surface area contributed by atoms with Gasteiger partial charge in [0.05, 0.1) is 11.0 Å². The van der Waals surface area contributed by atoms with Gasteiger partial charge < -0.3 is 10.2 Å². The van der Waals surface area contributed by atoms with E-state index in [0.29, 0.717) is 5.02 Å². The maximum Gasteiger partial charge on any atom is 0.322 e. The summed E-state index contributed by atoms with van der Waals surface area (Å²) in [4.78, 5) is 11.0. The van der Waals surface area contributed by atoms with Crippen LogP contribution >= 0.6 is 11.6 Å². The van der Waals surface area contributed by atoms with Crippen molar-refractivity contribution in [3.05, 3.63) is 29.3 Å². The molecule has 8 heteroatoms. The van der Waals surface area contributed by atoms with Crippen molar-refractivity contribution < 1.29 is 23.4 Å². The molecule has 0 aromatic heterocycles. The van der Waals surface area contributed by atoms with Gasteiger partial charge in [0.15, 0.2) is 0 Å². The second-order valence-corrected chi connectivity index (χ2v) is 6.60. The molecule has 0 bridgehead atoms. The highest BCUT2D eigenvalue weighted by atomic mass is 35.5. The Labute approximate surface area is 115 Å². The van der Waals surface area contributed by atoms with Gasteiger partial charge in [-0.1, -0.05) is 11.6 Å². The quantitative estimate of drug-likeness (QED) is 0.850. The molecular formula is C11H12ClNO5S. The number of carbonyl (C=O) groups is 1. The number of benzene rings is 1. The number of rotatable bonds is 3. The van der Waals surface area contributed by atoms with Gasteiger partial charge in [0.25, 0.3) is 0 Å². The Morgan fingerprint density at radius 1 is 1.32 bits per heavy atom. The summed E-state index contributed by atoms with van der Waals surface area (Å²) in [5.74, 6) is -1.27. The van der Waals surface area contributed by atoms with Crippen LogP contribution in [0.5, 0.6) is 0 Å². The molecule has 19 heavy (non-hydrogen) atoms. The third-order valence-corrected chi connectivity index (χ3v) is 5.08. The lowest BCUT2D eigenvalue weighted by Gasteiger charge is -2.20. The van der Waals surface area contributed by atoms with E-state index in [2.05, 4.69) is 0 Å². The smallest absolute Gasteiger partial charge is 0.322 e. The van der Waals surface area contributed by atoms with Crippen LogP contribution in [-0.4, -0.2) is 47.6 Å². The van der Waals surface area contributed by atoms with Gasteiger partial charge in [0, 0.05) is 18.0 Å². The molecule has 2 N–H and O–H groups in total. The van der Waals surface area contributed by atoms with Crippen LogP contribution in [0.2, 0.25) is 5.02 Å². The van der Waals surface area contributed by atoms with Gasteiger partial charge in [0.1, 0.15) is 6.04 Å². The molecule has 1 saturated heterocycles. The van der Waals surface area contributed by atoms with Crippen molar-refractivity contribution >= 4 is 27.6 Å². The first-order valence-corrected chi connectivity index (χ1v) is 7.32. The summed E-state index contributed by atoms with van der Waals surface area (Å²) in [5, 5.41) is 18.9. The number of β-amino-alcohol motifs (C(OH)–C–C–N with tert-alkyl or cyclic N) is 1. The second kappa shape index (κ2) is 5.09. The zero-order valence-electron chi connectivity index (χ0n) is 9.73. The molecule has 0 amide bonds. The number of aliphatic carboxylic acids is 1. The number of carboxylic acids is 1. The fraction of sp³-hybridized carbons (Fsp3) is 0.364. The van der Waals surface area contributed by atoms with Crippen LogP contribution in [0.3, 0.4) is 0 Å². The maximum atomic E-state index is 12.3. The monoisotopic (exact) mass is 305 g/mol. The lowest BCUT2D eigenvalue weighted by Crippen LogP contribution is -2.40. The number of nitrogens with zero attached hydrogens (tertiary/aromatic N) is 1. The summed E-state index contributed by atoms with van der Waals surface area (Å²) in [6.07, 6.45) is -1.08. The molecule has 1 aromatic carbocycles. The van der Waals surface area contributed by atoms with Crippen molar-refractivity contribution in [1.29, 1.82) is 0 Å². The highest BCUT2D eigenvalue weighted by Crippen LogP contribution is 2.27. The van der Waals surface area contributed by atoms with Gasteiger partial charge in [-0.15, -0.1) is 0 Å². The van der Waals surface area contributed by atoms with Gasteiger partial charge in [-0.25, -0.2) is 8.42 Å². The van der Waals surface area contributed by atoms with E-state index >= 15 is 0 Å². The van der Waals surface area contributed by atoms with Gasteiger partial charge in [-0.05, 0) is 24.3 Å². The molecule has 0 saturated carbocycles. The number of aliphatic hydroxyl groups is 1. The second-order valence-electron chi connectivity index (χ2n) is 4.27. The fourth-order valence-corrected chi connectivity index (χ4v) is 3.77. The van der Waals surface area contributed by atoms with Crippen LogP contribution in [0.1, 0.15) is 6.42 Å². The Balaban J connectivity index is 2.38. The molecule has 1 heterocycles. The molecule has 1 aliphatic heterocycles. The summed E-state index contributed by atoms with van der Waals surface area (Å²) >= 11 is 5.68. The highest BCUT2D eigenvalue weighted by molar-refractivity contribution is 7.89. The first kappa shape index (κ1) is 14.3. The Hall–Kier alpha value is -1.15. The van der Waals surface area contributed by atoms with E-state index < -0.39 is 28.1 Å². The lowest BCUT2D eigenvalue weighted by atomic mass is 10.2. The molecule has 0 spiro atoms. The van der Waals surface area contributed by atoms with Gasteiger partial charge in [-0.3, -0.25) is 4.79 Å². The largest absolute Gasteiger partial charge is 0.480 e. The summed E-state index contributed by atoms with van der Waals surface area (Å²) in [6, 6.07) is 4.20. The van der Waals surface area contributed by atoms with E-state index in [-0.39, 0.29) is 17.9 Å². The molecule has 1 aromatic rings. The number of hydrogen-bond acceptors (Lipinski definition) is 4. The zero-order valence-corrected chi connectivity index (χ0v) is 11.3. The molecular weight excluding hydrogens is 294 g/mol. The number of halogens is 1. The van der Waals surface area contributed by atoms with Crippen molar-refractivity contribution in [2.24, 2.45) is 0 Å². The zero-order chi connectivity index (χ0) is 14.2. The minimum atomic E-state index is -3.95. The maximum absolute atomic E-state index is 12.3. The van der Waals surface area contributed by atoms with E-state index in [9.17, 15) is 18.3 Å². The Morgan fingerprint density at radius 3 is 2.42 bits per heavy atom. The van der Waals surface area contributed by atoms with Crippen LogP contribution in [0, 0.1) is 0 Å². The first-order valence-electron chi connectivity index (χ1n) is 5.50. The molecule has 6 nitrogen and oxygen atoms in total. The lowest BCUT2D eigenvalue weighted by molar-refractivity contribution is -0.140. The third-order valence-electron chi connectivity index (χ3n) is 2.94. The standard InChI is InChI=1S/C11H12ClNO5S/c12-7-1-3-9(4-2-7)19(17,18)13-6-8(14)5-10(13)11(15)16/h1-4,8,10,14H,5-6H2,(H,15,16)/t8-,10-/m1/s1. The number of sulfonamides is 1. The predicted octanol–water partition coefficient (Wildman–Crippen LogP) is 0.549. The van der Waals surface area contributed by atoms with E-state index in [0.717, 1.165) is 4.31 Å². The third kappa shape index (κ3) is 2.74. The van der Waals surface area contributed by atoms with Crippen molar-refractivity contribution in [3.63, 3.8) is 0 Å². The molecule has 1 fully saturated rings. The van der Waals surface area contributed by atoms with E-state index in [1.54, 1.807) is 0 Å². The normalized spacial score (nSPS) is 24.5. The first-order chi connectivity index (χ1) is 8.82. The number of carboxylic acid groups (broad SMARTS) is 1. The molecule has 2 atom stereocenters. The predicted molar refractivity (Wildman–Crippen MR) is 67.4 cm³/mol. The average Bonchev–Trinajstić information content (AvgIpc) is 2.73. The molecule has 104 valence electrons. The SMILES string of the molecule is O=C(O)[C@H]1C[C@@H](O)CN1S(=O)(=O)c1ccc(Cl)cc1. The van der Waals surface area contributed by atoms with Crippen LogP contribution in [-0.2, 0) is 14.8 Å². The summed E-state index contributed by atoms with van der Waals surface area (Å²) in [6.45, 7) is -0.220. The molecule has 1 aliphatic rings. The van der Waals surface area contributed by atoms with Gasteiger partial charge >= 0.3 is 5.97 Å². The van der Waals surface area contributed by atoms with Crippen LogP contribution < -0.4 is 0 Å². The molecule has 0 unspecified atom stereocenters.